The fourth-order valence-electron chi connectivity index (χ4n) is 5.99. The molecule has 9 heteroatoms. The molecule has 1 aromatic heterocycles. The van der Waals surface area contributed by atoms with E-state index in [0.29, 0.717) is 49.7 Å². The molecule has 0 bridgehead atoms. The van der Waals surface area contributed by atoms with Gasteiger partial charge in [0, 0.05) is 21.5 Å². The van der Waals surface area contributed by atoms with E-state index < -0.39 is 12.6 Å². The molecule has 3 aromatic carbocycles. The van der Waals surface area contributed by atoms with Crippen molar-refractivity contribution in [2.24, 2.45) is 11.8 Å². The Labute approximate surface area is 253 Å². The largest absolute Gasteiger partial charge is 0.497 e. The van der Waals surface area contributed by atoms with E-state index in [1.807, 2.05) is 6.92 Å². The SMILES string of the molecule is COc1ccc(C(=O)COC(=O)c2cc(-c3ccc(N4C(=O)C5CCCCC5C4=O)cc3)nc3c(C)c(Cl)ccc23)cc1. The number of fused-ring (bicyclic) bond motifs is 2. The lowest BCUT2D eigenvalue weighted by Gasteiger charge is -2.19. The lowest BCUT2D eigenvalue weighted by molar-refractivity contribution is -0.122. The summed E-state index contributed by atoms with van der Waals surface area (Å²) in [5, 5.41) is 1.04. The third-order valence-electron chi connectivity index (χ3n) is 8.40. The van der Waals surface area contributed by atoms with Crippen LogP contribution in [0.25, 0.3) is 22.2 Å². The maximum Gasteiger partial charge on any atom is 0.339 e. The highest BCUT2D eigenvalue weighted by Crippen LogP contribution is 2.40. The minimum Gasteiger partial charge on any atom is -0.497 e. The Morgan fingerprint density at radius 1 is 0.930 bits per heavy atom. The number of esters is 1. The van der Waals surface area contributed by atoms with Gasteiger partial charge in [0.05, 0.1) is 41.4 Å². The molecule has 2 heterocycles. The number of pyridine rings is 1. The Hall–Kier alpha value is -4.56. The van der Waals surface area contributed by atoms with Crippen molar-refractivity contribution in [3.63, 3.8) is 0 Å². The van der Waals surface area contributed by atoms with Gasteiger partial charge in [-0.15, -0.1) is 0 Å². The number of benzene rings is 3. The molecule has 0 radical (unpaired) electrons. The van der Waals surface area contributed by atoms with E-state index in [4.69, 9.17) is 26.1 Å². The number of hydrogen-bond donors (Lipinski definition) is 0. The van der Waals surface area contributed by atoms with Crippen molar-refractivity contribution >= 4 is 51.8 Å². The lowest BCUT2D eigenvalue weighted by atomic mass is 9.81. The fourth-order valence-corrected chi connectivity index (χ4v) is 6.14. The van der Waals surface area contributed by atoms with Gasteiger partial charge in [0.15, 0.2) is 12.4 Å². The number of aromatic nitrogens is 1. The van der Waals surface area contributed by atoms with Gasteiger partial charge in [0.25, 0.3) is 0 Å². The van der Waals surface area contributed by atoms with Gasteiger partial charge in [-0.25, -0.2) is 9.78 Å². The van der Waals surface area contributed by atoms with Gasteiger partial charge in [-0.05, 0) is 73.9 Å². The number of ether oxygens (including phenoxy) is 2. The van der Waals surface area contributed by atoms with Crippen molar-refractivity contribution < 1.29 is 28.7 Å². The van der Waals surface area contributed by atoms with Crippen molar-refractivity contribution in [2.75, 3.05) is 18.6 Å². The van der Waals surface area contributed by atoms with Gasteiger partial charge < -0.3 is 9.47 Å². The number of ketones is 1. The van der Waals surface area contributed by atoms with Crippen molar-refractivity contribution in [3.05, 3.63) is 88.4 Å². The minimum absolute atomic E-state index is 0.134. The average molecular weight is 597 g/mol. The zero-order valence-corrected chi connectivity index (χ0v) is 24.5. The van der Waals surface area contributed by atoms with Gasteiger partial charge >= 0.3 is 5.97 Å². The molecule has 2 aliphatic rings. The second-order valence-electron chi connectivity index (χ2n) is 10.9. The van der Waals surface area contributed by atoms with Crippen LogP contribution in [-0.2, 0) is 14.3 Å². The van der Waals surface area contributed by atoms with Crippen LogP contribution < -0.4 is 9.64 Å². The molecule has 2 amide bonds. The predicted octanol–water partition coefficient (Wildman–Crippen LogP) is 6.59. The molecule has 1 saturated heterocycles. The van der Waals surface area contributed by atoms with Crippen LogP contribution in [0.5, 0.6) is 5.75 Å². The molecule has 2 atom stereocenters. The maximum absolute atomic E-state index is 13.4. The summed E-state index contributed by atoms with van der Waals surface area (Å²) in [7, 11) is 1.54. The van der Waals surface area contributed by atoms with Crippen LogP contribution in [-0.4, -0.2) is 42.3 Å². The van der Waals surface area contributed by atoms with Crippen LogP contribution in [0.4, 0.5) is 5.69 Å². The first-order chi connectivity index (χ1) is 20.8. The van der Waals surface area contributed by atoms with Crippen LogP contribution in [0, 0.1) is 18.8 Å². The van der Waals surface area contributed by atoms with E-state index in [0.717, 1.165) is 25.7 Å². The molecule has 218 valence electrons. The summed E-state index contributed by atoms with van der Waals surface area (Å²) in [6, 6.07) is 18.6. The molecular weight excluding hydrogens is 568 g/mol. The number of nitrogens with zero attached hydrogens (tertiary/aromatic N) is 2. The number of Topliss-reactive ketones (excluding diaryl/α,β-unsaturated/α-hetero) is 1. The Bertz CT molecular complexity index is 1740. The molecule has 43 heavy (non-hydrogen) atoms. The smallest absolute Gasteiger partial charge is 0.339 e. The maximum atomic E-state index is 13.4. The van der Waals surface area contributed by atoms with Gasteiger partial charge in [0.1, 0.15) is 5.75 Å². The Balaban J connectivity index is 1.29. The zero-order chi connectivity index (χ0) is 30.2. The highest BCUT2D eigenvalue weighted by atomic mass is 35.5. The lowest BCUT2D eigenvalue weighted by Crippen LogP contribution is -2.30. The standard InChI is InChI=1S/C34H29ClN2O6/c1-19-28(35)16-15-24-27(34(41)43-18-30(38)21-9-13-23(42-2)14-10-21)17-29(36-31(19)24)20-7-11-22(12-8-20)37-32(39)25-5-3-4-6-26(25)33(37)40/h7-17,25-26H,3-6,18H2,1-2H3. The first kappa shape index (κ1) is 28.6. The Morgan fingerprint density at radius 2 is 1.58 bits per heavy atom. The van der Waals surface area contributed by atoms with E-state index in [1.54, 1.807) is 66.7 Å². The fraction of sp³-hybridized carbons (Fsp3) is 0.265. The summed E-state index contributed by atoms with van der Waals surface area (Å²) in [5.74, 6) is -1.15. The van der Waals surface area contributed by atoms with Gasteiger partial charge in [0.2, 0.25) is 11.8 Å². The number of carbonyl (C=O) groups excluding carboxylic acids is 4. The highest BCUT2D eigenvalue weighted by Gasteiger charge is 2.48. The number of hydrogen-bond acceptors (Lipinski definition) is 7. The van der Waals surface area contributed by atoms with Crippen LogP contribution >= 0.6 is 11.6 Å². The van der Waals surface area contributed by atoms with Crippen LogP contribution in [0.3, 0.4) is 0 Å². The molecule has 1 aliphatic heterocycles. The van der Waals surface area contributed by atoms with Crippen molar-refractivity contribution in [2.45, 2.75) is 32.6 Å². The topological polar surface area (TPSA) is 103 Å². The van der Waals surface area contributed by atoms with Gasteiger partial charge in [-0.1, -0.05) is 42.6 Å². The third kappa shape index (κ3) is 5.27. The summed E-state index contributed by atoms with van der Waals surface area (Å²) >= 11 is 6.40. The van der Waals surface area contributed by atoms with Gasteiger partial charge in [-0.2, -0.15) is 0 Å². The highest BCUT2D eigenvalue weighted by molar-refractivity contribution is 6.32. The molecular formula is C34H29ClN2O6. The number of imide groups is 1. The first-order valence-corrected chi connectivity index (χ1v) is 14.6. The molecule has 0 spiro atoms. The van der Waals surface area contributed by atoms with Crippen LogP contribution in [0.1, 0.15) is 52.0 Å². The van der Waals surface area contributed by atoms with E-state index in [1.165, 1.54) is 12.0 Å². The number of amides is 2. The summed E-state index contributed by atoms with van der Waals surface area (Å²) in [6.07, 6.45) is 3.42. The van der Waals surface area contributed by atoms with Crippen molar-refractivity contribution in [1.82, 2.24) is 4.98 Å². The molecule has 2 fully saturated rings. The summed E-state index contributed by atoms with van der Waals surface area (Å²) < 4.78 is 10.6. The second kappa shape index (κ2) is 11.6. The van der Waals surface area contributed by atoms with Crippen LogP contribution in [0.2, 0.25) is 5.02 Å². The number of rotatable bonds is 7. The number of anilines is 1. The Kier molecular flexibility index (Phi) is 7.71. The summed E-state index contributed by atoms with van der Waals surface area (Å²) in [6.45, 7) is 1.38. The molecule has 0 N–H and O–H groups in total. The number of carbonyl (C=O) groups is 4. The molecule has 2 unspecified atom stereocenters. The molecule has 8 nitrogen and oxygen atoms in total. The van der Waals surface area contributed by atoms with E-state index in [2.05, 4.69) is 0 Å². The monoisotopic (exact) mass is 596 g/mol. The van der Waals surface area contributed by atoms with Crippen LogP contribution in [0.15, 0.2) is 66.7 Å². The Morgan fingerprint density at radius 3 is 2.21 bits per heavy atom. The number of aryl methyl sites for hydroxylation is 1. The third-order valence-corrected chi connectivity index (χ3v) is 8.81. The summed E-state index contributed by atoms with van der Waals surface area (Å²) in [4.78, 5) is 58.3. The van der Waals surface area contributed by atoms with E-state index >= 15 is 0 Å². The molecule has 6 rings (SSSR count). The molecule has 4 aromatic rings. The first-order valence-electron chi connectivity index (χ1n) is 14.2. The normalized spacial score (nSPS) is 18.1. The minimum atomic E-state index is -0.676. The van der Waals surface area contributed by atoms with Crippen molar-refractivity contribution in [1.29, 1.82) is 0 Å². The number of halogens is 1. The predicted molar refractivity (Wildman–Crippen MR) is 162 cm³/mol. The molecule has 1 saturated carbocycles. The summed E-state index contributed by atoms with van der Waals surface area (Å²) in [5.41, 5.74) is 3.51. The van der Waals surface area contributed by atoms with Gasteiger partial charge in [-0.3, -0.25) is 19.3 Å². The van der Waals surface area contributed by atoms with Crippen molar-refractivity contribution in [3.8, 4) is 17.0 Å². The van der Waals surface area contributed by atoms with E-state index in [9.17, 15) is 19.2 Å². The quantitative estimate of drug-likeness (QED) is 0.135. The second-order valence-corrected chi connectivity index (χ2v) is 11.3. The molecule has 1 aliphatic carbocycles. The zero-order valence-electron chi connectivity index (χ0n) is 23.8. The number of methoxy groups -OCH3 is 1. The van der Waals surface area contributed by atoms with E-state index in [-0.39, 0.29) is 35.0 Å². The average Bonchev–Trinajstić information content (AvgIpc) is 3.30.